The summed E-state index contributed by atoms with van der Waals surface area (Å²) in [4.78, 5) is 22.4. The highest BCUT2D eigenvalue weighted by molar-refractivity contribution is 6.00. The Bertz CT molecular complexity index is 618. The number of rotatable bonds is 9. The SMILES string of the molecule is CC(C)CC/C=C/C=C/C(=O)Nc1cc(CCC(=O)O)ccc1O. The Morgan fingerprint density at radius 3 is 2.67 bits per heavy atom. The predicted octanol–water partition coefficient (Wildman–Crippen LogP) is 3.90. The number of hydrogen-bond acceptors (Lipinski definition) is 3. The fourth-order valence-electron chi connectivity index (χ4n) is 2.01. The molecule has 0 aliphatic carbocycles. The van der Waals surface area contributed by atoms with Crippen LogP contribution in [0, 0.1) is 5.92 Å². The van der Waals surface area contributed by atoms with Crippen LogP contribution in [-0.2, 0) is 16.0 Å². The summed E-state index contributed by atoms with van der Waals surface area (Å²) in [6.45, 7) is 4.32. The molecular weight excluding hydrogens is 306 g/mol. The number of benzene rings is 1. The van der Waals surface area contributed by atoms with Crippen LogP contribution in [0.1, 0.15) is 38.7 Å². The van der Waals surface area contributed by atoms with Crippen molar-refractivity contribution in [2.24, 2.45) is 5.92 Å². The van der Waals surface area contributed by atoms with E-state index in [2.05, 4.69) is 19.2 Å². The van der Waals surface area contributed by atoms with Crippen molar-refractivity contribution in [3.63, 3.8) is 0 Å². The maximum Gasteiger partial charge on any atom is 0.303 e. The molecule has 24 heavy (non-hydrogen) atoms. The number of carbonyl (C=O) groups is 2. The summed E-state index contributed by atoms with van der Waals surface area (Å²) in [6.07, 6.45) is 9.28. The summed E-state index contributed by atoms with van der Waals surface area (Å²) in [5, 5.41) is 21.1. The Morgan fingerprint density at radius 1 is 1.25 bits per heavy atom. The smallest absolute Gasteiger partial charge is 0.303 e. The van der Waals surface area contributed by atoms with Crippen molar-refractivity contribution in [2.45, 2.75) is 39.5 Å². The summed E-state index contributed by atoms with van der Waals surface area (Å²) in [5.41, 5.74) is 1.01. The van der Waals surface area contributed by atoms with Gasteiger partial charge in [0.2, 0.25) is 5.91 Å². The van der Waals surface area contributed by atoms with E-state index in [1.807, 2.05) is 12.2 Å². The van der Waals surface area contributed by atoms with Crippen molar-refractivity contribution in [3.8, 4) is 5.75 Å². The van der Waals surface area contributed by atoms with Crippen molar-refractivity contribution in [3.05, 3.63) is 48.1 Å². The molecule has 0 radical (unpaired) electrons. The van der Waals surface area contributed by atoms with Gasteiger partial charge >= 0.3 is 5.97 Å². The first-order valence-corrected chi connectivity index (χ1v) is 8.06. The van der Waals surface area contributed by atoms with Gasteiger partial charge in [0.15, 0.2) is 0 Å². The molecule has 0 aliphatic rings. The normalized spacial score (nSPS) is 11.5. The molecule has 0 spiro atoms. The van der Waals surface area contributed by atoms with Gasteiger partial charge in [-0.15, -0.1) is 0 Å². The molecule has 0 aromatic heterocycles. The van der Waals surface area contributed by atoms with E-state index in [1.165, 1.54) is 12.1 Å². The number of anilines is 1. The van der Waals surface area contributed by atoms with Crippen LogP contribution in [0.3, 0.4) is 0 Å². The number of aliphatic carboxylic acids is 1. The monoisotopic (exact) mass is 331 g/mol. The number of amides is 1. The fraction of sp³-hybridized carbons (Fsp3) is 0.368. The van der Waals surface area contributed by atoms with E-state index in [1.54, 1.807) is 18.2 Å². The second kappa shape index (κ2) is 10.3. The lowest BCUT2D eigenvalue weighted by molar-refractivity contribution is -0.137. The molecule has 0 fully saturated rings. The molecule has 1 rings (SSSR count). The molecule has 1 aromatic carbocycles. The van der Waals surface area contributed by atoms with Crippen LogP contribution < -0.4 is 5.32 Å². The molecule has 5 nitrogen and oxygen atoms in total. The van der Waals surface area contributed by atoms with Crippen molar-refractivity contribution >= 4 is 17.6 Å². The fourth-order valence-corrected chi connectivity index (χ4v) is 2.01. The lowest BCUT2D eigenvalue weighted by Crippen LogP contribution is -2.08. The first-order valence-electron chi connectivity index (χ1n) is 8.06. The summed E-state index contributed by atoms with van der Waals surface area (Å²) in [5.74, 6) is -0.642. The number of nitrogens with one attached hydrogen (secondary N) is 1. The second-order valence-corrected chi connectivity index (χ2v) is 5.99. The average molecular weight is 331 g/mol. The van der Waals surface area contributed by atoms with Gasteiger partial charge < -0.3 is 15.5 Å². The Morgan fingerprint density at radius 2 is 2.00 bits per heavy atom. The first kappa shape index (κ1) is 19.5. The maximum atomic E-state index is 11.8. The predicted molar refractivity (Wildman–Crippen MR) is 95.0 cm³/mol. The van der Waals surface area contributed by atoms with Gasteiger partial charge in [0.25, 0.3) is 0 Å². The lowest BCUT2D eigenvalue weighted by Gasteiger charge is -2.07. The molecule has 0 heterocycles. The van der Waals surface area contributed by atoms with Gasteiger partial charge in [-0.25, -0.2) is 0 Å². The lowest BCUT2D eigenvalue weighted by atomic mass is 10.1. The van der Waals surface area contributed by atoms with Crippen molar-refractivity contribution < 1.29 is 19.8 Å². The largest absolute Gasteiger partial charge is 0.506 e. The molecule has 130 valence electrons. The Kier molecular flexibility index (Phi) is 8.33. The van der Waals surface area contributed by atoms with Gasteiger partial charge in [-0.2, -0.15) is 0 Å². The van der Waals surface area contributed by atoms with Crippen LogP contribution in [0.15, 0.2) is 42.5 Å². The number of allylic oxidation sites excluding steroid dienone is 3. The molecular formula is C19H25NO4. The quantitative estimate of drug-likeness (QED) is 0.364. The van der Waals surface area contributed by atoms with Crippen LogP contribution in [0.5, 0.6) is 5.75 Å². The molecule has 5 heteroatoms. The van der Waals surface area contributed by atoms with Gasteiger partial charge in [-0.3, -0.25) is 9.59 Å². The summed E-state index contributed by atoms with van der Waals surface area (Å²) in [7, 11) is 0. The van der Waals surface area contributed by atoms with E-state index in [0.29, 0.717) is 12.3 Å². The topological polar surface area (TPSA) is 86.6 Å². The van der Waals surface area contributed by atoms with Crippen LogP contribution in [0.25, 0.3) is 0 Å². The van der Waals surface area contributed by atoms with E-state index in [9.17, 15) is 14.7 Å². The Labute approximate surface area is 142 Å². The van der Waals surface area contributed by atoms with Gasteiger partial charge in [-0.1, -0.05) is 38.1 Å². The highest BCUT2D eigenvalue weighted by atomic mass is 16.4. The van der Waals surface area contributed by atoms with E-state index in [-0.39, 0.29) is 23.8 Å². The van der Waals surface area contributed by atoms with Crippen LogP contribution in [-0.4, -0.2) is 22.1 Å². The molecule has 0 saturated heterocycles. The van der Waals surface area contributed by atoms with E-state index in [4.69, 9.17) is 5.11 Å². The molecule has 0 unspecified atom stereocenters. The molecule has 0 saturated carbocycles. The first-order chi connectivity index (χ1) is 11.4. The number of aryl methyl sites for hydroxylation is 1. The van der Waals surface area contributed by atoms with Gasteiger partial charge in [0.05, 0.1) is 5.69 Å². The molecule has 3 N–H and O–H groups in total. The van der Waals surface area contributed by atoms with E-state index in [0.717, 1.165) is 18.4 Å². The minimum absolute atomic E-state index is 0.000758. The minimum Gasteiger partial charge on any atom is -0.506 e. The maximum absolute atomic E-state index is 11.8. The van der Waals surface area contributed by atoms with E-state index >= 15 is 0 Å². The Balaban J connectivity index is 2.56. The second-order valence-electron chi connectivity index (χ2n) is 5.99. The van der Waals surface area contributed by atoms with Crippen LogP contribution >= 0.6 is 0 Å². The Hall–Kier alpha value is -2.56. The molecule has 0 atom stereocenters. The number of carboxylic acid groups (broad SMARTS) is 1. The van der Waals surface area contributed by atoms with Crippen LogP contribution in [0.4, 0.5) is 5.69 Å². The average Bonchev–Trinajstić information content (AvgIpc) is 2.51. The third kappa shape index (κ3) is 8.17. The molecule has 0 bridgehead atoms. The van der Waals surface area contributed by atoms with Crippen molar-refractivity contribution in [2.75, 3.05) is 5.32 Å². The third-order valence-corrected chi connectivity index (χ3v) is 3.35. The highest BCUT2D eigenvalue weighted by Crippen LogP contribution is 2.24. The molecule has 1 amide bonds. The zero-order valence-electron chi connectivity index (χ0n) is 14.2. The molecule has 1 aromatic rings. The number of carboxylic acids is 1. The van der Waals surface area contributed by atoms with E-state index < -0.39 is 5.97 Å². The molecule has 0 aliphatic heterocycles. The van der Waals surface area contributed by atoms with Crippen molar-refractivity contribution in [1.29, 1.82) is 0 Å². The highest BCUT2D eigenvalue weighted by Gasteiger charge is 2.06. The summed E-state index contributed by atoms with van der Waals surface area (Å²) >= 11 is 0. The number of hydrogen-bond donors (Lipinski definition) is 3. The standard InChI is InChI=1S/C19H25NO4/c1-14(2)7-5-3-4-6-8-18(22)20-16-13-15(9-11-17(16)21)10-12-19(23)24/h3-4,6,8-9,11,13-14,21H,5,7,10,12H2,1-2H3,(H,20,22)(H,23,24)/b4-3+,8-6+. The number of phenolic OH excluding ortho intramolecular Hbond substituents is 1. The van der Waals surface area contributed by atoms with Crippen molar-refractivity contribution in [1.82, 2.24) is 0 Å². The zero-order chi connectivity index (χ0) is 17.9. The zero-order valence-corrected chi connectivity index (χ0v) is 14.2. The number of carbonyl (C=O) groups excluding carboxylic acids is 1. The number of aromatic hydroxyl groups is 1. The minimum atomic E-state index is -0.888. The van der Waals surface area contributed by atoms with Gasteiger partial charge in [0, 0.05) is 12.5 Å². The third-order valence-electron chi connectivity index (χ3n) is 3.35. The van der Waals surface area contributed by atoms with Gasteiger partial charge in [-0.05, 0) is 42.9 Å². The van der Waals surface area contributed by atoms with Gasteiger partial charge in [0.1, 0.15) is 5.75 Å². The van der Waals surface area contributed by atoms with Crippen LogP contribution in [0.2, 0.25) is 0 Å². The number of phenols is 1. The summed E-state index contributed by atoms with van der Waals surface area (Å²) in [6, 6.07) is 4.67. The summed E-state index contributed by atoms with van der Waals surface area (Å²) < 4.78 is 0.